The average molecular weight is 393 g/mol. The molecule has 0 saturated carbocycles. The quantitative estimate of drug-likeness (QED) is 0.655. The molecule has 0 fully saturated rings. The van der Waals surface area contributed by atoms with Crippen LogP contribution >= 0.6 is 11.8 Å². The largest absolute Gasteiger partial charge is 0.497 e. The summed E-state index contributed by atoms with van der Waals surface area (Å²) in [6, 6.07) is 6.33. The molecule has 10 heteroatoms. The number of nitrogens with two attached hydrogens (primary N) is 1. The Labute approximate surface area is 161 Å². The Kier molecular flexibility index (Phi) is 7.05. The summed E-state index contributed by atoms with van der Waals surface area (Å²) in [5.74, 6) is 1.53. The highest BCUT2D eigenvalue weighted by molar-refractivity contribution is 8.00. The average Bonchev–Trinajstić information content (AvgIpc) is 2.97. The number of benzene rings is 1. The predicted octanol–water partition coefficient (Wildman–Crippen LogP) is 1.71. The second-order valence-electron chi connectivity index (χ2n) is 6.06. The number of aromatic nitrogens is 3. The van der Waals surface area contributed by atoms with Crippen LogP contribution < -0.4 is 20.5 Å². The molecule has 0 unspecified atom stereocenters. The first-order chi connectivity index (χ1) is 12.8. The number of nitrogens with one attached hydrogen (secondary N) is 1. The van der Waals surface area contributed by atoms with Gasteiger partial charge in [0.15, 0.2) is 11.0 Å². The number of nitrogens with zero attached hydrogens (tertiary/aromatic N) is 3. The predicted molar refractivity (Wildman–Crippen MR) is 101 cm³/mol. The minimum Gasteiger partial charge on any atom is -0.497 e. The van der Waals surface area contributed by atoms with Crippen LogP contribution in [0, 0.1) is 5.92 Å². The summed E-state index contributed by atoms with van der Waals surface area (Å²) in [6.07, 6.45) is 0. The van der Waals surface area contributed by atoms with Gasteiger partial charge in [-0.3, -0.25) is 10.1 Å². The molecule has 9 nitrogen and oxygen atoms in total. The number of carbonyl (C=O) groups is 2. The molecule has 0 radical (unpaired) electrons. The summed E-state index contributed by atoms with van der Waals surface area (Å²) >= 11 is 1.22. The first-order valence-corrected chi connectivity index (χ1v) is 9.11. The first kappa shape index (κ1) is 20.6. The maximum atomic E-state index is 12.2. The summed E-state index contributed by atoms with van der Waals surface area (Å²) < 4.78 is 12.6. The number of primary amides is 1. The third-order valence-electron chi connectivity index (χ3n) is 3.70. The van der Waals surface area contributed by atoms with E-state index in [1.54, 1.807) is 43.0 Å². The Hall–Kier alpha value is -2.75. The van der Waals surface area contributed by atoms with Crippen LogP contribution in [-0.4, -0.2) is 39.1 Å². The molecule has 0 aliphatic rings. The molecule has 3 amide bonds. The van der Waals surface area contributed by atoms with Crippen LogP contribution in [0.25, 0.3) is 0 Å². The lowest BCUT2D eigenvalue weighted by Gasteiger charge is -2.18. The van der Waals surface area contributed by atoms with Crippen LogP contribution in [-0.2, 0) is 18.4 Å². The minimum atomic E-state index is -0.877. The number of thioether (sulfide) groups is 1. The molecule has 0 aliphatic carbocycles. The maximum absolute atomic E-state index is 12.2. The fraction of sp³-hybridized carbons (Fsp3) is 0.412. The van der Waals surface area contributed by atoms with E-state index in [1.165, 1.54) is 11.8 Å². The molecule has 1 atom stereocenters. The Bertz CT molecular complexity index is 791. The van der Waals surface area contributed by atoms with E-state index in [0.717, 1.165) is 5.75 Å². The van der Waals surface area contributed by atoms with Gasteiger partial charge in [0.25, 0.3) is 0 Å². The highest BCUT2D eigenvalue weighted by Crippen LogP contribution is 2.27. The first-order valence-electron chi connectivity index (χ1n) is 8.24. The topological polar surface area (TPSA) is 121 Å². The SMILES string of the molecule is COc1ccc(OCc2nnc(S[C@H](C(=O)NC(N)=O)C(C)C)n2C)cc1. The fourth-order valence-electron chi connectivity index (χ4n) is 2.19. The molecule has 3 N–H and O–H groups in total. The number of carbonyl (C=O) groups excluding carboxylic acids is 2. The fourth-order valence-corrected chi connectivity index (χ4v) is 3.21. The normalized spacial score (nSPS) is 11.9. The Balaban J connectivity index is 2.04. The monoisotopic (exact) mass is 393 g/mol. The van der Waals surface area contributed by atoms with Crippen molar-refractivity contribution in [2.24, 2.45) is 18.7 Å². The van der Waals surface area contributed by atoms with Crippen molar-refractivity contribution < 1.29 is 19.1 Å². The number of hydrogen-bond acceptors (Lipinski definition) is 7. The van der Waals surface area contributed by atoms with E-state index in [2.05, 4.69) is 15.5 Å². The Morgan fingerprint density at radius 1 is 1.22 bits per heavy atom. The molecular weight excluding hydrogens is 370 g/mol. The molecule has 2 rings (SSSR count). The lowest BCUT2D eigenvalue weighted by atomic mass is 10.1. The molecule has 0 aliphatic heterocycles. The lowest BCUT2D eigenvalue weighted by molar-refractivity contribution is -0.120. The van der Waals surface area contributed by atoms with E-state index < -0.39 is 17.2 Å². The minimum absolute atomic E-state index is 0.0370. The maximum Gasteiger partial charge on any atom is 0.318 e. The van der Waals surface area contributed by atoms with E-state index in [1.807, 2.05) is 13.8 Å². The van der Waals surface area contributed by atoms with Crippen LogP contribution in [0.3, 0.4) is 0 Å². The Morgan fingerprint density at radius 3 is 2.41 bits per heavy atom. The molecule has 0 saturated heterocycles. The van der Waals surface area contributed by atoms with Crippen LogP contribution in [0.1, 0.15) is 19.7 Å². The van der Waals surface area contributed by atoms with Crippen molar-refractivity contribution in [3.8, 4) is 11.5 Å². The third kappa shape index (κ3) is 5.61. The molecule has 146 valence electrons. The van der Waals surface area contributed by atoms with E-state index >= 15 is 0 Å². The van der Waals surface area contributed by atoms with Crippen LogP contribution in [0.5, 0.6) is 11.5 Å². The van der Waals surface area contributed by atoms with Crippen LogP contribution in [0.2, 0.25) is 0 Å². The van der Waals surface area contributed by atoms with Crippen molar-refractivity contribution in [3.05, 3.63) is 30.1 Å². The second kappa shape index (κ2) is 9.26. The van der Waals surface area contributed by atoms with E-state index in [-0.39, 0.29) is 12.5 Å². The number of ether oxygens (including phenoxy) is 2. The lowest BCUT2D eigenvalue weighted by Crippen LogP contribution is -2.42. The van der Waals surface area contributed by atoms with E-state index in [9.17, 15) is 9.59 Å². The van der Waals surface area contributed by atoms with E-state index in [0.29, 0.717) is 16.7 Å². The summed E-state index contributed by atoms with van der Waals surface area (Å²) in [4.78, 5) is 23.1. The summed E-state index contributed by atoms with van der Waals surface area (Å²) in [5.41, 5.74) is 5.03. The molecule has 2 aromatic rings. The van der Waals surface area contributed by atoms with Crippen molar-refractivity contribution in [1.29, 1.82) is 0 Å². The molecular formula is C17H23N5O4S. The van der Waals surface area contributed by atoms with Crippen molar-refractivity contribution in [3.63, 3.8) is 0 Å². The zero-order valence-electron chi connectivity index (χ0n) is 15.6. The summed E-state index contributed by atoms with van der Waals surface area (Å²) in [7, 11) is 3.39. The van der Waals surface area contributed by atoms with Gasteiger partial charge in [-0.15, -0.1) is 10.2 Å². The molecule has 1 heterocycles. The van der Waals surface area contributed by atoms with Gasteiger partial charge in [0, 0.05) is 7.05 Å². The standard InChI is InChI=1S/C17H23N5O4S/c1-10(2)14(15(23)19-16(18)24)27-17-21-20-13(22(17)3)9-26-12-7-5-11(25-4)6-8-12/h5-8,10,14H,9H2,1-4H3,(H3,18,19,23,24)/t14-/m0/s1. The number of hydrogen-bond donors (Lipinski definition) is 2. The number of amides is 3. The third-order valence-corrected chi connectivity index (χ3v) is 5.27. The van der Waals surface area contributed by atoms with Gasteiger partial charge in [-0.25, -0.2) is 4.79 Å². The Morgan fingerprint density at radius 2 is 1.85 bits per heavy atom. The highest BCUT2D eigenvalue weighted by Gasteiger charge is 2.27. The summed E-state index contributed by atoms with van der Waals surface area (Å²) in [5, 5.41) is 10.4. The molecule has 0 bridgehead atoms. The van der Waals surface area contributed by atoms with Gasteiger partial charge in [-0.1, -0.05) is 25.6 Å². The van der Waals surface area contributed by atoms with Gasteiger partial charge in [-0.2, -0.15) is 0 Å². The number of urea groups is 1. The van der Waals surface area contributed by atoms with Gasteiger partial charge < -0.3 is 19.8 Å². The zero-order valence-corrected chi connectivity index (χ0v) is 16.4. The van der Waals surface area contributed by atoms with Crippen molar-refractivity contribution in [2.45, 2.75) is 30.9 Å². The smallest absolute Gasteiger partial charge is 0.318 e. The van der Waals surface area contributed by atoms with Gasteiger partial charge in [0.2, 0.25) is 5.91 Å². The van der Waals surface area contributed by atoms with Crippen molar-refractivity contribution in [2.75, 3.05) is 7.11 Å². The van der Waals surface area contributed by atoms with Crippen LogP contribution in [0.4, 0.5) is 4.79 Å². The highest BCUT2D eigenvalue weighted by atomic mass is 32.2. The van der Waals surface area contributed by atoms with Gasteiger partial charge in [0.05, 0.1) is 12.4 Å². The van der Waals surface area contributed by atoms with Gasteiger partial charge >= 0.3 is 6.03 Å². The van der Waals surface area contributed by atoms with Gasteiger partial charge in [-0.05, 0) is 30.2 Å². The molecule has 0 spiro atoms. The van der Waals surface area contributed by atoms with Crippen molar-refractivity contribution in [1.82, 2.24) is 20.1 Å². The van der Waals surface area contributed by atoms with Crippen LogP contribution in [0.15, 0.2) is 29.4 Å². The molecule has 1 aromatic heterocycles. The number of rotatable bonds is 8. The van der Waals surface area contributed by atoms with E-state index in [4.69, 9.17) is 15.2 Å². The molecule has 27 heavy (non-hydrogen) atoms. The molecule has 1 aromatic carbocycles. The van der Waals surface area contributed by atoms with Gasteiger partial charge in [0.1, 0.15) is 18.1 Å². The number of methoxy groups -OCH3 is 1. The summed E-state index contributed by atoms with van der Waals surface area (Å²) in [6.45, 7) is 3.97. The second-order valence-corrected chi connectivity index (χ2v) is 7.17. The van der Waals surface area contributed by atoms with Crippen molar-refractivity contribution >= 4 is 23.7 Å². The zero-order chi connectivity index (χ0) is 20.0. The number of imide groups is 1.